The van der Waals surface area contributed by atoms with Crippen LogP contribution in [-0.4, -0.2) is 36.7 Å². The van der Waals surface area contributed by atoms with Crippen LogP contribution in [0.25, 0.3) is 0 Å². The summed E-state index contributed by atoms with van der Waals surface area (Å²) in [6.45, 7) is 1.45. The summed E-state index contributed by atoms with van der Waals surface area (Å²) in [5, 5.41) is 2.81. The second kappa shape index (κ2) is 8.42. The minimum atomic E-state index is -3.56. The fourth-order valence-electron chi connectivity index (χ4n) is 3.01. The van der Waals surface area contributed by atoms with Gasteiger partial charge in [0.2, 0.25) is 10.0 Å². The molecule has 1 aliphatic heterocycles. The van der Waals surface area contributed by atoms with E-state index in [1.165, 1.54) is 10.4 Å². The molecular formula is C19H23N3O3S. The first-order valence-electron chi connectivity index (χ1n) is 8.85. The Balaban J connectivity index is 1.73. The third-order valence-electron chi connectivity index (χ3n) is 4.50. The SMILES string of the molecule is O=C(NCc1ccncc1)c1cccc(S(=O)(=O)N2CCCCCC2)c1. The highest BCUT2D eigenvalue weighted by Crippen LogP contribution is 2.21. The van der Waals surface area contributed by atoms with Crippen LogP contribution in [-0.2, 0) is 16.6 Å². The highest BCUT2D eigenvalue weighted by atomic mass is 32.2. The molecular weight excluding hydrogens is 350 g/mol. The van der Waals surface area contributed by atoms with Crippen LogP contribution in [0.4, 0.5) is 0 Å². The molecule has 1 amide bonds. The Morgan fingerprint density at radius 3 is 2.42 bits per heavy atom. The molecule has 0 atom stereocenters. The van der Waals surface area contributed by atoms with Crippen LogP contribution in [0.2, 0.25) is 0 Å². The lowest BCUT2D eigenvalue weighted by Crippen LogP contribution is -2.32. The number of nitrogens with one attached hydrogen (secondary N) is 1. The molecule has 0 unspecified atom stereocenters. The summed E-state index contributed by atoms with van der Waals surface area (Å²) in [5.74, 6) is -0.297. The van der Waals surface area contributed by atoms with Gasteiger partial charge in [0.15, 0.2) is 0 Å². The average Bonchev–Trinajstić information content (AvgIpc) is 2.97. The van der Waals surface area contributed by atoms with E-state index >= 15 is 0 Å². The van der Waals surface area contributed by atoms with Crippen LogP contribution in [0.5, 0.6) is 0 Å². The molecule has 1 saturated heterocycles. The first-order chi connectivity index (χ1) is 12.6. The molecule has 0 saturated carbocycles. The van der Waals surface area contributed by atoms with Gasteiger partial charge < -0.3 is 5.32 Å². The van der Waals surface area contributed by atoms with Gasteiger partial charge in [-0.1, -0.05) is 18.9 Å². The number of amides is 1. The van der Waals surface area contributed by atoms with Crippen molar-refractivity contribution in [3.63, 3.8) is 0 Å². The molecule has 6 nitrogen and oxygen atoms in total. The molecule has 2 aromatic rings. The molecule has 0 radical (unpaired) electrons. The van der Waals surface area contributed by atoms with Gasteiger partial charge in [0.1, 0.15) is 0 Å². The predicted octanol–water partition coefficient (Wildman–Crippen LogP) is 2.58. The van der Waals surface area contributed by atoms with Crippen LogP contribution in [0.15, 0.2) is 53.7 Å². The van der Waals surface area contributed by atoms with Crippen LogP contribution in [0, 0.1) is 0 Å². The smallest absolute Gasteiger partial charge is 0.251 e. The lowest BCUT2D eigenvalue weighted by Gasteiger charge is -2.20. The largest absolute Gasteiger partial charge is 0.348 e. The second-order valence-electron chi connectivity index (χ2n) is 6.38. The van der Waals surface area contributed by atoms with Crippen molar-refractivity contribution < 1.29 is 13.2 Å². The van der Waals surface area contributed by atoms with Gasteiger partial charge in [0.25, 0.3) is 5.91 Å². The first kappa shape index (κ1) is 18.5. The Labute approximate surface area is 154 Å². The molecule has 0 aliphatic carbocycles. The number of rotatable bonds is 5. The van der Waals surface area contributed by atoms with Gasteiger partial charge in [-0.3, -0.25) is 9.78 Å². The van der Waals surface area contributed by atoms with Gasteiger partial charge in [0.05, 0.1) is 4.90 Å². The van der Waals surface area contributed by atoms with E-state index in [2.05, 4.69) is 10.3 Å². The average molecular weight is 373 g/mol. The van der Waals surface area contributed by atoms with Crippen LogP contribution in [0.1, 0.15) is 41.6 Å². The van der Waals surface area contributed by atoms with Gasteiger partial charge >= 0.3 is 0 Å². The molecule has 1 aromatic heterocycles. The molecule has 1 N–H and O–H groups in total. The number of hydrogen-bond donors (Lipinski definition) is 1. The minimum Gasteiger partial charge on any atom is -0.348 e. The van der Waals surface area contributed by atoms with E-state index in [1.54, 1.807) is 30.6 Å². The molecule has 7 heteroatoms. The van der Waals surface area contributed by atoms with Crippen LogP contribution < -0.4 is 5.32 Å². The van der Waals surface area contributed by atoms with Crippen LogP contribution >= 0.6 is 0 Å². The number of benzene rings is 1. The number of hydrogen-bond acceptors (Lipinski definition) is 4. The van der Waals surface area contributed by atoms with E-state index in [1.807, 2.05) is 12.1 Å². The van der Waals surface area contributed by atoms with Crippen molar-refractivity contribution in [2.75, 3.05) is 13.1 Å². The number of carbonyl (C=O) groups is 1. The Bertz CT molecular complexity index is 845. The Morgan fingerprint density at radius 1 is 1.04 bits per heavy atom. The first-order valence-corrected chi connectivity index (χ1v) is 10.3. The molecule has 1 fully saturated rings. The fraction of sp³-hybridized carbons (Fsp3) is 0.368. The maximum absolute atomic E-state index is 12.9. The van der Waals surface area contributed by atoms with E-state index in [0.717, 1.165) is 31.2 Å². The maximum Gasteiger partial charge on any atom is 0.251 e. The summed E-state index contributed by atoms with van der Waals surface area (Å²) >= 11 is 0. The van der Waals surface area contributed by atoms with Crippen molar-refractivity contribution in [3.05, 3.63) is 59.9 Å². The zero-order valence-corrected chi connectivity index (χ0v) is 15.4. The van der Waals surface area contributed by atoms with Gasteiger partial charge in [-0.15, -0.1) is 0 Å². The van der Waals surface area contributed by atoms with E-state index in [-0.39, 0.29) is 10.8 Å². The summed E-state index contributed by atoms with van der Waals surface area (Å²) in [4.78, 5) is 16.5. The van der Waals surface area contributed by atoms with Crippen molar-refractivity contribution in [2.45, 2.75) is 37.1 Å². The highest BCUT2D eigenvalue weighted by Gasteiger charge is 2.25. The third kappa shape index (κ3) is 4.47. The predicted molar refractivity (Wildman–Crippen MR) is 99.1 cm³/mol. The van der Waals surface area contributed by atoms with Crippen molar-refractivity contribution in [2.24, 2.45) is 0 Å². The fourth-order valence-corrected chi connectivity index (χ4v) is 4.58. The highest BCUT2D eigenvalue weighted by molar-refractivity contribution is 7.89. The Hall–Kier alpha value is -2.25. The van der Waals surface area contributed by atoms with Crippen LogP contribution in [0.3, 0.4) is 0 Å². The van der Waals surface area contributed by atoms with Crippen molar-refractivity contribution in [3.8, 4) is 0 Å². The van der Waals surface area contributed by atoms with Crippen molar-refractivity contribution >= 4 is 15.9 Å². The molecule has 2 heterocycles. The van der Waals surface area contributed by atoms with E-state index in [9.17, 15) is 13.2 Å². The summed E-state index contributed by atoms with van der Waals surface area (Å²) in [6.07, 6.45) is 7.20. The van der Waals surface area contributed by atoms with Gasteiger partial charge in [-0.25, -0.2) is 8.42 Å². The summed E-state index contributed by atoms with van der Waals surface area (Å²) in [6, 6.07) is 9.90. The standard InChI is InChI=1S/C19H23N3O3S/c23-19(21-15-16-8-10-20-11-9-16)17-6-5-7-18(14-17)26(24,25)22-12-3-1-2-4-13-22/h5-11,14H,1-4,12-13,15H2,(H,21,23). The van der Waals surface area contributed by atoms with Crippen molar-refractivity contribution in [1.82, 2.24) is 14.6 Å². The Kier molecular flexibility index (Phi) is 6.00. The molecule has 138 valence electrons. The normalized spacial score (nSPS) is 16.0. The lowest BCUT2D eigenvalue weighted by atomic mass is 10.2. The minimum absolute atomic E-state index is 0.177. The maximum atomic E-state index is 12.9. The lowest BCUT2D eigenvalue weighted by molar-refractivity contribution is 0.0950. The summed E-state index contributed by atoms with van der Waals surface area (Å²) in [7, 11) is -3.56. The zero-order valence-electron chi connectivity index (χ0n) is 14.6. The number of sulfonamides is 1. The molecule has 3 rings (SSSR count). The second-order valence-corrected chi connectivity index (χ2v) is 8.32. The number of aromatic nitrogens is 1. The number of pyridine rings is 1. The molecule has 0 bridgehead atoms. The van der Waals surface area contributed by atoms with Crippen molar-refractivity contribution in [1.29, 1.82) is 0 Å². The Morgan fingerprint density at radius 2 is 1.73 bits per heavy atom. The molecule has 26 heavy (non-hydrogen) atoms. The molecule has 1 aliphatic rings. The summed E-state index contributed by atoms with van der Waals surface area (Å²) < 4.78 is 27.3. The van der Waals surface area contributed by atoms with E-state index in [0.29, 0.717) is 25.2 Å². The van der Waals surface area contributed by atoms with Gasteiger partial charge in [-0.05, 0) is 48.7 Å². The third-order valence-corrected chi connectivity index (χ3v) is 6.40. The quantitative estimate of drug-likeness (QED) is 0.874. The van der Waals surface area contributed by atoms with E-state index in [4.69, 9.17) is 0 Å². The number of nitrogens with zero attached hydrogens (tertiary/aromatic N) is 2. The molecule has 0 spiro atoms. The van der Waals surface area contributed by atoms with Gasteiger partial charge in [-0.2, -0.15) is 4.31 Å². The molecule has 1 aromatic carbocycles. The van der Waals surface area contributed by atoms with E-state index < -0.39 is 10.0 Å². The topological polar surface area (TPSA) is 79.4 Å². The summed E-state index contributed by atoms with van der Waals surface area (Å²) in [5.41, 5.74) is 1.27. The zero-order chi connectivity index (χ0) is 18.4. The monoisotopic (exact) mass is 373 g/mol. The van der Waals surface area contributed by atoms with Gasteiger partial charge in [0, 0.05) is 37.6 Å². The number of carbonyl (C=O) groups excluding carboxylic acids is 1.